The number of nitrogens with zero attached hydrogens (tertiary/aromatic N) is 1. The Balaban J connectivity index is 2.77. The number of hydrogen-bond acceptors (Lipinski definition) is 2. The number of rotatable bonds is 2. The molecular weight excluding hydrogens is 170 g/mol. The number of carbonyl (C=O) groups excluding carboxylic acids is 1. The van der Waals surface area contributed by atoms with E-state index in [1.165, 1.54) is 0 Å². The monoisotopic (exact) mass is 187 g/mol. The molecule has 70 valence electrons. The predicted octanol–water partition coefficient (Wildman–Crippen LogP) is 2.05. The van der Waals surface area contributed by atoms with Gasteiger partial charge in [0.25, 0.3) is 0 Å². The summed E-state index contributed by atoms with van der Waals surface area (Å²) in [6.07, 6.45) is 0.886. The molecule has 1 amide bonds. The van der Waals surface area contributed by atoms with Crippen molar-refractivity contribution in [3.63, 3.8) is 0 Å². The highest BCUT2D eigenvalue weighted by atomic mass is 28.3. The number of carbonyl (C=O) groups is 1. The molecular formula is C8H17NO2Si. The average molecular weight is 187 g/mol. The fraction of sp³-hybridized carbons (Fsp3) is 0.875. The molecule has 0 bridgehead atoms. The zero-order valence-corrected chi connectivity index (χ0v) is 9.26. The third-order valence-corrected chi connectivity index (χ3v) is 4.15. The van der Waals surface area contributed by atoms with Crippen molar-refractivity contribution < 1.29 is 9.53 Å². The van der Waals surface area contributed by atoms with E-state index in [1.807, 2.05) is 4.57 Å². The summed E-state index contributed by atoms with van der Waals surface area (Å²) in [5.74, 6) is 0. The van der Waals surface area contributed by atoms with Gasteiger partial charge in [0.15, 0.2) is 8.24 Å². The summed E-state index contributed by atoms with van der Waals surface area (Å²) >= 11 is 0. The van der Waals surface area contributed by atoms with Gasteiger partial charge in [0.05, 0.1) is 6.04 Å². The van der Waals surface area contributed by atoms with Crippen LogP contribution in [0.3, 0.4) is 0 Å². The SMILES string of the molecule is CCC1COC(=O)N1[Si](C)(C)C. The van der Waals surface area contributed by atoms with Crippen molar-refractivity contribution in [2.75, 3.05) is 6.61 Å². The molecule has 0 aromatic heterocycles. The van der Waals surface area contributed by atoms with Crippen molar-refractivity contribution in [1.29, 1.82) is 0 Å². The van der Waals surface area contributed by atoms with E-state index in [0.717, 1.165) is 6.42 Å². The minimum atomic E-state index is -1.51. The van der Waals surface area contributed by atoms with Crippen molar-refractivity contribution in [3.05, 3.63) is 0 Å². The Morgan fingerprint density at radius 1 is 1.58 bits per heavy atom. The molecule has 4 heteroatoms. The van der Waals surface area contributed by atoms with Crippen LogP contribution >= 0.6 is 0 Å². The van der Waals surface area contributed by atoms with Gasteiger partial charge in [-0.1, -0.05) is 26.6 Å². The van der Waals surface area contributed by atoms with Crippen LogP contribution in [0.1, 0.15) is 13.3 Å². The third-order valence-electron chi connectivity index (χ3n) is 2.15. The van der Waals surface area contributed by atoms with E-state index < -0.39 is 8.24 Å². The van der Waals surface area contributed by atoms with Gasteiger partial charge in [-0.25, -0.2) is 4.79 Å². The lowest BCUT2D eigenvalue weighted by Crippen LogP contribution is -2.50. The van der Waals surface area contributed by atoms with Gasteiger partial charge in [-0.15, -0.1) is 0 Å². The molecule has 1 aliphatic rings. The van der Waals surface area contributed by atoms with Crippen molar-refractivity contribution >= 4 is 14.3 Å². The highest BCUT2D eigenvalue weighted by molar-refractivity contribution is 6.75. The van der Waals surface area contributed by atoms with E-state index in [4.69, 9.17) is 4.74 Å². The minimum absolute atomic E-state index is 0.110. The van der Waals surface area contributed by atoms with Gasteiger partial charge in [0.2, 0.25) is 0 Å². The lowest BCUT2D eigenvalue weighted by Gasteiger charge is -2.32. The van der Waals surface area contributed by atoms with Crippen LogP contribution in [0.25, 0.3) is 0 Å². The Labute approximate surface area is 74.8 Å². The Morgan fingerprint density at radius 2 is 2.17 bits per heavy atom. The molecule has 0 radical (unpaired) electrons. The zero-order valence-electron chi connectivity index (χ0n) is 8.26. The van der Waals surface area contributed by atoms with Gasteiger partial charge in [-0.05, 0) is 6.42 Å². The molecule has 0 aliphatic carbocycles. The molecule has 0 saturated carbocycles. The quantitative estimate of drug-likeness (QED) is 0.619. The standard InChI is InChI=1S/C8H17NO2Si/c1-5-7-6-11-8(10)9(7)12(2,3)4/h7H,5-6H2,1-4H3. The summed E-state index contributed by atoms with van der Waals surface area (Å²) in [6.45, 7) is 9.19. The predicted molar refractivity (Wildman–Crippen MR) is 50.6 cm³/mol. The molecule has 0 aromatic carbocycles. The first-order valence-corrected chi connectivity index (χ1v) is 7.87. The maximum Gasteiger partial charge on any atom is 0.402 e. The second-order valence-electron chi connectivity index (χ2n) is 4.18. The summed E-state index contributed by atoms with van der Waals surface area (Å²) < 4.78 is 6.98. The third kappa shape index (κ3) is 1.63. The second kappa shape index (κ2) is 3.09. The molecule has 0 aromatic rings. The van der Waals surface area contributed by atoms with Gasteiger partial charge in [0, 0.05) is 0 Å². The fourth-order valence-corrected chi connectivity index (χ4v) is 3.55. The summed E-state index contributed by atoms with van der Waals surface area (Å²) in [6, 6.07) is 0.323. The summed E-state index contributed by atoms with van der Waals surface area (Å²) in [7, 11) is -1.51. The van der Waals surface area contributed by atoms with Crippen molar-refractivity contribution in [1.82, 2.24) is 4.57 Å². The van der Waals surface area contributed by atoms with Crippen LogP contribution in [-0.2, 0) is 4.74 Å². The van der Waals surface area contributed by atoms with Gasteiger partial charge in [-0.3, -0.25) is 0 Å². The molecule has 1 atom stereocenters. The van der Waals surface area contributed by atoms with Crippen LogP contribution in [0.15, 0.2) is 0 Å². The molecule has 12 heavy (non-hydrogen) atoms. The Bertz CT molecular complexity index is 188. The molecule has 1 fully saturated rings. The van der Waals surface area contributed by atoms with Crippen LogP contribution in [0.5, 0.6) is 0 Å². The first-order chi connectivity index (χ1) is 5.46. The Hall–Kier alpha value is -0.513. The Morgan fingerprint density at radius 3 is 2.50 bits per heavy atom. The Kier molecular flexibility index (Phi) is 2.46. The fourth-order valence-electron chi connectivity index (χ4n) is 1.58. The first kappa shape index (κ1) is 9.57. The van der Waals surface area contributed by atoms with Gasteiger partial charge >= 0.3 is 6.09 Å². The molecule has 0 N–H and O–H groups in total. The maximum atomic E-state index is 11.3. The smallest absolute Gasteiger partial charge is 0.402 e. The summed E-state index contributed by atoms with van der Waals surface area (Å²) in [5.41, 5.74) is 0. The van der Waals surface area contributed by atoms with E-state index in [1.54, 1.807) is 0 Å². The largest absolute Gasteiger partial charge is 0.448 e. The molecule has 1 saturated heterocycles. The van der Waals surface area contributed by atoms with Gasteiger partial charge < -0.3 is 9.30 Å². The lowest BCUT2D eigenvalue weighted by molar-refractivity contribution is 0.169. The van der Waals surface area contributed by atoms with E-state index in [0.29, 0.717) is 12.6 Å². The van der Waals surface area contributed by atoms with Crippen LogP contribution < -0.4 is 0 Å². The summed E-state index contributed by atoms with van der Waals surface area (Å²) in [4.78, 5) is 11.3. The normalized spacial score (nSPS) is 24.5. The number of hydrogen-bond donors (Lipinski definition) is 0. The average Bonchev–Trinajstić information content (AvgIpc) is 2.29. The molecule has 1 aliphatic heterocycles. The number of ether oxygens (including phenoxy) is 1. The van der Waals surface area contributed by atoms with Gasteiger partial charge in [0.1, 0.15) is 6.61 Å². The first-order valence-electron chi connectivity index (χ1n) is 4.43. The molecule has 1 unspecified atom stereocenters. The highest BCUT2D eigenvalue weighted by Gasteiger charge is 2.40. The van der Waals surface area contributed by atoms with E-state index in [-0.39, 0.29) is 6.09 Å². The van der Waals surface area contributed by atoms with E-state index in [9.17, 15) is 4.79 Å². The maximum absolute atomic E-state index is 11.3. The number of amides is 1. The van der Waals surface area contributed by atoms with Crippen LogP contribution in [-0.4, -0.2) is 31.5 Å². The van der Waals surface area contributed by atoms with Gasteiger partial charge in [-0.2, -0.15) is 0 Å². The van der Waals surface area contributed by atoms with Crippen LogP contribution in [0, 0.1) is 0 Å². The minimum Gasteiger partial charge on any atom is -0.448 e. The van der Waals surface area contributed by atoms with Crippen molar-refractivity contribution in [2.24, 2.45) is 0 Å². The van der Waals surface area contributed by atoms with E-state index >= 15 is 0 Å². The molecule has 1 heterocycles. The van der Waals surface area contributed by atoms with Crippen molar-refractivity contribution in [2.45, 2.75) is 39.0 Å². The highest BCUT2D eigenvalue weighted by Crippen LogP contribution is 2.22. The molecule has 0 spiro atoms. The lowest BCUT2D eigenvalue weighted by atomic mass is 10.3. The molecule has 1 rings (SSSR count). The zero-order chi connectivity index (χ0) is 9.35. The van der Waals surface area contributed by atoms with E-state index in [2.05, 4.69) is 26.6 Å². The molecule has 3 nitrogen and oxygen atoms in total. The van der Waals surface area contributed by atoms with Crippen molar-refractivity contribution in [3.8, 4) is 0 Å². The van der Waals surface area contributed by atoms with Crippen LogP contribution in [0.2, 0.25) is 19.6 Å². The van der Waals surface area contributed by atoms with Crippen LogP contribution in [0.4, 0.5) is 4.79 Å². The summed E-state index contributed by atoms with van der Waals surface area (Å²) in [5, 5.41) is 0. The number of cyclic esters (lactones) is 1. The topological polar surface area (TPSA) is 29.5 Å². The second-order valence-corrected chi connectivity index (χ2v) is 9.00.